The maximum absolute atomic E-state index is 3.50. The SMILES string of the molecule is CCCCC#Cc1c(CCCC)cc(C)cc1-c1ccccc1. The van der Waals surface area contributed by atoms with Crippen LogP contribution in [0.1, 0.15) is 62.6 Å². The van der Waals surface area contributed by atoms with Crippen molar-refractivity contribution in [3.8, 4) is 23.0 Å². The molecule has 0 saturated carbocycles. The fourth-order valence-corrected chi connectivity index (χ4v) is 2.83. The van der Waals surface area contributed by atoms with Gasteiger partial charge in [0.05, 0.1) is 0 Å². The average Bonchev–Trinajstić information content (AvgIpc) is 2.58. The third kappa shape index (κ3) is 5.00. The molecule has 0 aliphatic carbocycles. The van der Waals surface area contributed by atoms with E-state index in [1.165, 1.54) is 53.5 Å². The lowest BCUT2D eigenvalue weighted by Gasteiger charge is -2.13. The molecule has 0 saturated heterocycles. The maximum atomic E-state index is 3.50. The first-order chi connectivity index (χ1) is 11.3. The van der Waals surface area contributed by atoms with E-state index in [2.05, 4.69) is 75.1 Å². The molecule has 0 nitrogen and oxygen atoms in total. The smallest absolute Gasteiger partial charge is 0.0355 e. The molecule has 0 N–H and O–H groups in total. The van der Waals surface area contributed by atoms with E-state index in [1.807, 2.05) is 0 Å². The van der Waals surface area contributed by atoms with Gasteiger partial charge < -0.3 is 0 Å². The van der Waals surface area contributed by atoms with Crippen molar-refractivity contribution < 1.29 is 0 Å². The minimum absolute atomic E-state index is 0.992. The van der Waals surface area contributed by atoms with Gasteiger partial charge in [0, 0.05) is 12.0 Å². The Labute approximate surface area is 142 Å². The highest BCUT2D eigenvalue weighted by Crippen LogP contribution is 2.28. The van der Waals surface area contributed by atoms with Gasteiger partial charge in [0.1, 0.15) is 0 Å². The summed E-state index contributed by atoms with van der Waals surface area (Å²) in [6.45, 7) is 6.66. The van der Waals surface area contributed by atoms with E-state index in [1.54, 1.807) is 0 Å². The van der Waals surface area contributed by atoms with E-state index in [-0.39, 0.29) is 0 Å². The van der Waals surface area contributed by atoms with Crippen molar-refractivity contribution in [3.63, 3.8) is 0 Å². The van der Waals surface area contributed by atoms with Gasteiger partial charge in [-0.1, -0.05) is 86.6 Å². The zero-order valence-electron chi connectivity index (χ0n) is 14.8. The van der Waals surface area contributed by atoms with Crippen LogP contribution in [0, 0.1) is 18.8 Å². The highest BCUT2D eigenvalue weighted by Gasteiger charge is 2.09. The molecule has 0 atom stereocenters. The molecule has 0 spiro atoms. The normalized spacial score (nSPS) is 10.2. The summed E-state index contributed by atoms with van der Waals surface area (Å²) in [5, 5.41) is 0. The molecule has 0 aliphatic rings. The van der Waals surface area contributed by atoms with E-state index in [0.717, 1.165) is 12.8 Å². The summed E-state index contributed by atoms with van der Waals surface area (Å²) in [6, 6.07) is 15.3. The third-order valence-electron chi connectivity index (χ3n) is 4.12. The lowest BCUT2D eigenvalue weighted by atomic mass is 9.91. The number of hydrogen-bond donors (Lipinski definition) is 0. The van der Waals surface area contributed by atoms with Crippen molar-refractivity contribution in [3.05, 3.63) is 59.2 Å². The van der Waals surface area contributed by atoms with Crippen LogP contribution in [-0.4, -0.2) is 0 Å². The van der Waals surface area contributed by atoms with Crippen LogP contribution >= 0.6 is 0 Å². The number of benzene rings is 2. The van der Waals surface area contributed by atoms with Crippen molar-refractivity contribution in [1.82, 2.24) is 0 Å². The zero-order valence-corrected chi connectivity index (χ0v) is 14.8. The molecule has 0 heterocycles. The average molecular weight is 304 g/mol. The standard InChI is InChI=1S/C23H28/c1-4-6-8-12-16-22-21(13-7-5-2)17-19(3)18-23(22)20-14-10-9-11-15-20/h9-11,14-15,17-18H,4-8,13H2,1-3H3. The monoisotopic (exact) mass is 304 g/mol. The van der Waals surface area contributed by atoms with Crippen LogP contribution in [0.5, 0.6) is 0 Å². The second kappa shape index (κ2) is 9.21. The quantitative estimate of drug-likeness (QED) is 0.419. The Bertz CT molecular complexity index is 668. The lowest BCUT2D eigenvalue weighted by molar-refractivity contribution is 0.793. The number of aryl methyl sites for hydroxylation is 2. The summed E-state index contributed by atoms with van der Waals surface area (Å²) in [7, 11) is 0. The van der Waals surface area contributed by atoms with Gasteiger partial charge in [0.15, 0.2) is 0 Å². The van der Waals surface area contributed by atoms with Gasteiger partial charge in [-0.15, -0.1) is 0 Å². The van der Waals surface area contributed by atoms with Crippen LogP contribution in [0.15, 0.2) is 42.5 Å². The Morgan fingerprint density at radius 3 is 2.35 bits per heavy atom. The van der Waals surface area contributed by atoms with Crippen molar-refractivity contribution >= 4 is 0 Å². The molecule has 0 amide bonds. The summed E-state index contributed by atoms with van der Waals surface area (Å²) in [5.41, 5.74) is 6.55. The van der Waals surface area contributed by atoms with Crippen LogP contribution in [0.4, 0.5) is 0 Å². The minimum atomic E-state index is 0.992. The van der Waals surface area contributed by atoms with E-state index in [0.29, 0.717) is 0 Å². The Balaban J connectivity index is 2.49. The van der Waals surface area contributed by atoms with Crippen LogP contribution in [-0.2, 0) is 6.42 Å². The van der Waals surface area contributed by atoms with Gasteiger partial charge in [0.2, 0.25) is 0 Å². The van der Waals surface area contributed by atoms with Crippen molar-refractivity contribution in [2.24, 2.45) is 0 Å². The van der Waals surface area contributed by atoms with Crippen molar-refractivity contribution in [1.29, 1.82) is 0 Å². The van der Waals surface area contributed by atoms with Gasteiger partial charge in [-0.05, 0) is 42.9 Å². The first-order valence-corrected chi connectivity index (χ1v) is 8.94. The first-order valence-electron chi connectivity index (χ1n) is 8.94. The van der Waals surface area contributed by atoms with Crippen LogP contribution in [0.3, 0.4) is 0 Å². The van der Waals surface area contributed by atoms with Gasteiger partial charge in [-0.25, -0.2) is 0 Å². The van der Waals surface area contributed by atoms with Crippen LogP contribution in [0.2, 0.25) is 0 Å². The maximum Gasteiger partial charge on any atom is 0.0355 e. The van der Waals surface area contributed by atoms with E-state index < -0.39 is 0 Å². The molecule has 0 aliphatic heterocycles. The number of rotatable bonds is 6. The molecule has 2 rings (SSSR count). The molecule has 0 fully saturated rings. The largest absolute Gasteiger partial charge is 0.0979 e. The Hall–Kier alpha value is -2.00. The van der Waals surface area contributed by atoms with Gasteiger partial charge >= 0.3 is 0 Å². The predicted molar refractivity (Wildman–Crippen MR) is 102 cm³/mol. The number of hydrogen-bond acceptors (Lipinski definition) is 0. The zero-order chi connectivity index (χ0) is 16.5. The van der Waals surface area contributed by atoms with Gasteiger partial charge in [0.25, 0.3) is 0 Å². The van der Waals surface area contributed by atoms with Crippen molar-refractivity contribution in [2.75, 3.05) is 0 Å². The highest BCUT2D eigenvalue weighted by atomic mass is 14.1. The summed E-state index contributed by atoms with van der Waals surface area (Å²) in [6.07, 6.45) is 6.95. The van der Waals surface area contributed by atoms with Gasteiger partial charge in [-0.2, -0.15) is 0 Å². The fraction of sp³-hybridized carbons (Fsp3) is 0.391. The molecule has 0 unspecified atom stereocenters. The molecule has 0 aromatic heterocycles. The van der Waals surface area contributed by atoms with E-state index in [9.17, 15) is 0 Å². The summed E-state index contributed by atoms with van der Waals surface area (Å²) >= 11 is 0. The van der Waals surface area contributed by atoms with Crippen molar-refractivity contribution in [2.45, 2.75) is 59.3 Å². The number of unbranched alkanes of at least 4 members (excludes halogenated alkanes) is 3. The molecular weight excluding hydrogens is 276 g/mol. The topological polar surface area (TPSA) is 0 Å². The minimum Gasteiger partial charge on any atom is -0.0979 e. The Kier molecular flexibility index (Phi) is 6.95. The molecule has 2 aromatic carbocycles. The molecule has 2 aromatic rings. The third-order valence-corrected chi connectivity index (χ3v) is 4.12. The van der Waals surface area contributed by atoms with Crippen LogP contribution < -0.4 is 0 Å². The van der Waals surface area contributed by atoms with E-state index >= 15 is 0 Å². The molecule has 0 radical (unpaired) electrons. The Morgan fingerprint density at radius 2 is 1.65 bits per heavy atom. The second-order valence-corrected chi connectivity index (χ2v) is 6.22. The highest BCUT2D eigenvalue weighted by molar-refractivity contribution is 5.73. The fourth-order valence-electron chi connectivity index (χ4n) is 2.83. The summed E-state index contributed by atoms with van der Waals surface area (Å²) in [5.74, 6) is 6.90. The van der Waals surface area contributed by atoms with Crippen LogP contribution in [0.25, 0.3) is 11.1 Å². The van der Waals surface area contributed by atoms with Gasteiger partial charge in [-0.3, -0.25) is 0 Å². The lowest BCUT2D eigenvalue weighted by Crippen LogP contribution is -1.96. The first kappa shape index (κ1) is 17.4. The second-order valence-electron chi connectivity index (χ2n) is 6.22. The molecule has 0 heteroatoms. The Morgan fingerprint density at radius 1 is 0.913 bits per heavy atom. The molecule has 0 bridgehead atoms. The summed E-state index contributed by atoms with van der Waals surface area (Å²) < 4.78 is 0. The predicted octanol–water partition coefficient (Wildman–Crippen LogP) is 6.55. The molecule has 23 heavy (non-hydrogen) atoms. The molecular formula is C23H28. The van der Waals surface area contributed by atoms with E-state index in [4.69, 9.17) is 0 Å². The summed E-state index contributed by atoms with van der Waals surface area (Å²) in [4.78, 5) is 0. The molecule has 120 valence electrons.